The summed E-state index contributed by atoms with van der Waals surface area (Å²) in [7, 11) is 0. The third kappa shape index (κ3) is 5.66. The van der Waals surface area contributed by atoms with Gasteiger partial charge in [-0.2, -0.15) is 5.26 Å². The molecule has 1 aliphatic rings. The zero-order chi connectivity index (χ0) is 20.6. The van der Waals surface area contributed by atoms with Crippen molar-refractivity contribution in [3.63, 3.8) is 0 Å². The monoisotopic (exact) mass is 390 g/mol. The number of nitrogens with zero attached hydrogens (tertiary/aromatic N) is 2. The van der Waals surface area contributed by atoms with Crippen molar-refractivity contribution in [2.75, 3.05) is 11.9 Å². The maximum Gasteiger partial charge on any atom is 0.238 e. The van der Waals surface area contributed by atoms with Crippen molar-refractivity contribution in [3.05, 3.63) is 65.7 Å². The lowest BCUT2D eigenvalue weighted by molar-refractivity contribution is -0.129. The molecule has 2 aromatic rings. The SMILES string of the molecule is N#CCC(=O)Nc1ccc(CNC(=O)C2CC(=O)N(Cc3ccccc3)C2)cc1. The van der Waals surface area contributed by atoms with E-state index in [9.17, 15) is 14.4 Å². The molecule has 1 unspecified atom stereocenters. The highest BCUT2D eigenvalue weighted by atomic mass is 16.2. The molecule has 3 amide bonds. The second-order valence-corrected chi connectivity index (χ2v) is 6.96. The van der Waals surface area contributed by atoms with Gasteiger partial charge in [-0.15, -0.1) is 0 Å². The Hall–Kier alpha value is -3.66. The van der Waals surface area contributed by atoms with E-state index in [1.54, 1.807) is 35.2 Å². The maximum atomic E-state index is 12.5. The van der Waals surface area contributed by atoms with Crippen LogP contribution in [0.15, 0.2) is 54.6 Å². The number of nitriles is 1. The highest BCUT2D eigenvalue weighted by molar-refractivity contribution is 5.92. The van der Waals surface area contributed by atoms with Crippen LogP contribution in [0.3, 0.4) is 0 Å². The topological polar surface area (TPSA) is 102 Å². The Balaban J connectivity index is 1.47. The Labute approximate surface area is 169 Å². The molecule has 1 atom stereocenters. The molecule has 7 heteroatoms. The Morgan fingerprint density at radius 1 is 1.07 bits per heavy atom. The minimum absolute atomic E-state index is 0.00790. The molecule has 1 saturated heterocycles. The van der Waals surface area contributed by atoms with Crippen LogP contribution >= 0.6 is 0 Å². The first kappa shape index (κ1) is 20.1. The van der Waals surface area contributed by atoms with Crippen molar-refractivity contribution >= 4 is 23.4 Å². The molecule has 7 nitrogen and oxygen atoms in total. The van der Waals surface area contributed by atoms with Crippen LogP contribution in [0.5, 0.6) is 0 Å². The van der Waals surface area contributed by atoms with Crippen molar-refractivity contribution in [3.8, 4) is 6.07 Å². The fraction of sp³-hybridized carbons (Fsp3) is 0.273. The van der Waals surface area contributed by atoms with Crippen molar-refractivity contribution < 1.29 is 14.4 Å². The number of carbonyl (C=O) groups excluding carboxylic acids is 3. The van der Waals surface area contributed by atoms with Crippen molar-refractivity contribution in [1.29, 1.82) is 5.26 Å². The predicted molar refractivity (Wildman–Crippen MR) is 107 cm³/mol. The van der Waals surface area contributed by atoms with Gasteiger partial charge in [-0.3, -0.25) is 14.4 Å². The van der Waals surface area contributed by atoms with Gasteiger partial charge in [-0.05, 0) is 23.3 Å². The van der Waals surface area contributed by atoms with Crippen LogP contribution in [0.1, 0.15) is 24.0 Å². The molecule has 0 saturated carbocycles. The second kappa shape index (κ2) is 9.51. The molecule has 1 fully saturated rings. The third-order valence-corrected chi connectivity index (χ3v) is 4.75. The zero-order valence-corrected chi connectivity index (χ0v) is 15.9. The molecule has 148 valence electrons. The van der Waals surface area contributed by atoms with Gasteiger partial charge in [0.15, 0.2) is 0 Å². The maximum absolute atomic E-state index is 12.5. The summed E-state index contributed by atoms with van der Waals surface area (Å²) in [5, 5.41) is 14.0. The van der Waals surface area contributed by atoms with E-state index < -0.39 is 0 Å². The number of likely N-dealkylation sites (tertiary alicyclic amines) is 1. The van der Waals surface area contributed by atoms with Gasteiger partial charge >= 0.3 is 0 Å². The number of hydrogen-bond acceptors (Lipinski definition) is 4. The van der Waals surface area contributed by atoms with E-state index in [2.05, 4.69) is 10.6 Å². The predicted octanol–water partition coefficient (Wildman–Crippen LogP) is 2.20. The van der Waals surface area contributed by atoms with Gasteiger partial charge in [0.25, 0.3) is 0 Å². The molecule has 29 heavy (non-hydrogen) atoms. The largest absolute Gasteiger partial charge is 0.352 e. The fourth-order valence-electron chi connectivity index (χ4n) is 3.22. The number of amides is 3. The molecule has 1 heterocycles. The van der Waals surface area contributed by atoms with Gasteiger partial charge in [0.05, 0.1) is 12.0 Å². The summed E-state index contributed by atoms with van der Waals surface area (Å²) in [4.78, 5) is 37.8. The van der Waals surface area contributed by atoms with E-state index in [0.717, 1.165) is 11.1 Å². The smallest absolute Gasteiger partial charge is 0.238 e. The van der Waals surface area contributed by atoms with Crippen LogP contribution in [0.2, 0.25) is 0 Å². The van der Waals surface area contributed by atoms with Crippen LogP contribution in [0, 0.1) is 17.2 Å². The van der Waals surface area contributed by atoms with E-state index in [4.69, 9.17) is 5.26 Å². The minimum Gasteiger partial charge on any atom is -0.352 e. The number of anilines is 1. The first-order valence-corrected chi connectivity index (χ1v) is 9.40. The van der Waals surface area contributed by atoms with Crippen LogP contribution in [0.4, 0.5) is 5.69 Å². The van der Waals surface area contributed by atoms with E-state index in [0.29, 0.717) is 25.3 Å². The first-order valence-electron chi connectivity index (χ1n) is 9.40. The number of rotatable bonds is 7. The average molecular weight is 390 g/mol. The van der Waals surface area contributed by atoms with Gasteiger partial charge in [-0.1, -0.05) is 42.5 Å². The lowest BCUT2D eigenvalue weighted by Crippen LogP contribution is -2.32. The van der Waals surface area contributed by atoms with Crippen LogP contribution in [-0.4, -0.2) is 29.2 Å². The van der Waals surface area contributed by atoms with Gasteiger partial charge in [0.2, 0.25) is 17.7 Å². The summed E-state index contributed by atoms with van der Waals surface area (Å²) >= 11 is 0. The highest BCUT2D eigenvalue weighted by Crippen LogP contribution is 2.20. The summed E-state index contributed by atoms with van der Waals surface area (Å²) in [6.07, 6.45) is 0.0295. The Morgan fingerprint density at radius 2 is 1.79 bits per heavy atom. The Morgan fingerprint density at radius 3 is 2.48 bits per heavy atom. The molecule has 2 aromatic carbocycles. The Kier molecular flexibility index (Phi) is 6.59. The first-order chi connectivity index (χ1) is 14.0. The molecule has 3 rings (SSSR count). The lowest BCUT2D eigenvalue weighted by atomic mass is 10.1. The second-order valence-electron chi connectivity index (χ2n) is 6.96. The van der Waals surface area contributed by atoms with Gasteiger partial charge < -0.3 is 15.5 Å². The Bertz CT molecular complexity index is 919. The molecule has 0 bridgehead atoms. The molecule has 2 N–H and O–H groups in total. The van der Waals surface area contributed by atoms with Gasteiger partial charge in [0, 0.05) is 31.7 Å². The number of nitrogens with one attached hydrogen (secondary N) is 2. The molecule has 0 aliphatic carbocycles. The molecule has 0 aromatic heterocycles. The molecule has 0 spiro atoms. The van der Waals surface area contributed by atoms with E-state index in [1.807, 2.05) is 30.3 Å². The minimum atomic E-state index is -0.362. The lowest BCUT2D eigenvalue weighted by Gasteiger charge is -2.16. The van der Waals surface area contributed by atoms with E-state index >= 15 is 0 Å². The molecule has 0 radical (unpaired) electrons. The van der Waals surface area contributed by atoms with E-state index in [-0.39, 0.29) is 36.5 Å². The third-order valence-electron chi connectivity index (χ3n) is 4.75. The summed E-state index contributed by atoms with van der Waals surface area (Å²) < 4.78 is 0. The normalized spacial score (nSPS) is 15.6. The molecule has 1 aliphatic heterocycles. The van der Waals surface area contributed by atoms with E-state index in [1.165, 1.54) is 0 Å². The molecular weight excluding hydrogens is 368 g/mol. The van der Waals surface area contributed by atoms with Crippen LogP contribution in [0.25, 0.3) is 0 Å². The summed E-state index contributed by atoms with van der Waals surface area (Å²) in [6.45, 7) is 1.28. The summed E-state index contributed by atoms with van der Waals surface area (Å²) in [5.74, 6) is -0.859. The number of hydrogen-bond donors (Lipinski definition) is 2. The van der Waals surface area contributed by atoms with Crippen LogP contribution in [-0.2, 0) is 27.5 Å². The number of carbonyl (C=O) groups is 3. The summed E-state index contributed by atoms with van der Waals surface area (Å²) in [6, 6.07) is 18.5. The van der Waals surface area contributed by atoms with Gasteiger partial charge in [-0.25, -0.2) is 0 Å². The van der Waals surface area contributed by atoms with Crippen molar-refractivity contribution in [2.45, 2.75) is 25.9 Å². The van der Waals surface area contributed by atoms with Gasteiger partial charge in [0.1, 0.15) is 6.42 Å². The number of benzene rings is 2. The standard InChI is InChI=1S/C22H22N4O3/c23-11-10-20(27)25-19-8-6-16(7-9-19)13-24-22(29)18-12-21(28)26(15-18)14-17-4-2-1-3-5-17/h1-9,18H,10,12-15H2,(H,24,29)(H,25,27). The summed E-state index contributed by atoms with van der Waals surface area (Å²) in [5.41, 5.74) is 2.52. The van der Waals surface area contributed by atoms with Crippen molar-refractivity contribution in [2.24, 2.45) is 5.92 Å². The highest BCUT2D eigenvalue weighted by Gasteiger charge is 2.34. The van der Waals surface area contributed by atoms with Crippen LogP contribution < -0.4 is 10.6 Å². The quantitative estimate of drug-likeness (QED) is 0.757. The molecular formula is C22H22N4O3. The fourth-order valence-corrected chi connectivity index (χ4v) is 3.22. The zero-order valence-electron chi connectivity index (χ0n) is 15.9. The van der Waals surface area contributed by atoms with Crippen molar-refractivity contribution in [1.82, 2.24) is 10.2 Å². The average Bonchev–Trinajstić information content (AvgIpc) is 3.08.